The normalized spacial score (nSPS) is 14.3. The third-order valence-corrected chi connectivity index (χ3v) is 8.62. The molecule has 5 rings (SSSR count). The minimum Gasteiger partial charge on any atom is -0.478 e. The summed E-state index contributed by atoms with van der Waals surface area (Å²) in [5.41, 5.74) is 7.57. The van der Waals surface area contributed by atoms with Crippen LogP contribution in [0.1, 0.15) is 90.8 Å². The maximum atomic E-state index is 13.3. The standard InChI is InChI=1S/C37H44N2O4/c1-6-8-11-26-12-9-14-29(20-26)24(3)38-36(40)30-18-19-32-33(25(4)39(5)34(32)23-30)22-27-13-10-15-31(21-27)43-35(28-16-17-28)37(41)42-7-2/h9-10,12-15,18-21,23-24,28,35H,6-8,11,16-17,22H2,1-5H3,(H,38,40)/t24-,35?/m0/s1. The second-order valence-corrected chi connectivity index (χ2v) is 11.9. The van der Waals surface area contributed by atoms with Crippen LogP contribution in [0.4, 0.5) is 0 Å². The molecule has 1 saturated carbocycles. The van der Waals surface area contributed by atoms with Crippen molar-refractivity contribution >= 4 is 22.8 Å². The molecule has 0 aliphatic heterocycles. The van der Waals surface area contributed by atoms with E-state index in [0.717, 1.165) is 59.8 Å². The van der Waals surface area contributed by atoms with E-state index in [1.807, 2.05) is 51.2 Å². The number of nitrogens with one attached hydrogen (secondary N) is 1. The molecule has 2 atom stereocenters. The molecule has 1 fully saturated rings. The number of nitrogens with zero attached hydrogens (tertiary/aromatic N) is 1. The minimum absolute atomic E-state index is 0.0783. The van der Waals surface area contributed by atoms with Gasteiger partial charge in [0.15, 0.2) is 6.10 Å². The van der Waals surface area contributed by atoms with Crippen molar-refractivity contribution in [2.45, 2.75) is 78.4 Å². The topological polar surface area (TPSA) is 69.6 Å². The Morgan fingerprint density at radius 3 is 2.51 bits per heavy atom. The summed E-state index contributed by atoms with van der Waals surface area (Å²) in [6, 6.07) is 22.4. The zero-order valence-corrected chi connectivity index (χ0v) is 26.1. The second-order valence-electron chi connectivity index (χ2n) is 11.9. The van der Waals surface area contributed by atoms with Crippen LogP contribution >= 0.6 is 0 Å². The van der Waals surface area contributed by atoms with Gasteiger partial charge in [-0.05, 0) is 99.4 Å². The number of fused-ring (bicyclic) bond motifs is 1. The Balaban J connectivity index is 1.32. The van der Waals surface area contributed by atoms with Crippen LogP contribution in [0.25, 0.3) is 10.9 Å². The number of ether oxygens (including phenoxy) is 2. The molecular formula is C37H44N2O4. The van der Waals surface area contributed by atoms with Crippen LogP contribution in [0.3, 0.4) is 0 Å². The van der Waals surface area contributed by atoms with Crippen molar-refractivity contribution in [2.24, 2.45) is 13.0 Å². The molecule has 1 amide bonds. The molecule has 43 heavy (non-hydrogen) atoms. The van der Waals surface area contributed by atoms with E-state index >= 15 is 0 Å². The van der Waals surface area contributed by atoms with Crippen LogP contribution < -0.4 is 10.1 Å². The molecule has 3 aromatic carbocycles. The van der Waals surface area contributed by atoms with Gasteiger partial charge in [0, 0.05) is 35.1 Å². The Morgan fingerprint density at radius 2 is 1.77 bits per heavy atom. The van der Waals surface area contributed by atoms with E-state index in [4.69, 9.17) is 9.47 Å². The van der Waals surface area contributed by atoms with Crippen molar-refractivity contribution < 1.29 is 19.1 Å². The van der Waals surface area contributed by atoms with Crippen molar-refractivity contribution in [1.29, 1.82) is 0 Å². The molecular weight excluding hydrogens is 536 g/mol. The van der Waals surface area contributed by atoms with Crippen LogP contribution in [0.2, 0.25) is 0 Å². The highest BCUT2D eigenvalue weighted by Crippen LogP contribution is 2.36. The summed E-state index contributed by atoms with van der Waals surface area (Å²) in [5.74, 6) is 0.554. The molecule has 4 aromatic rings. The molecule has 0 radical (unpaired) electrons. The number of amides is 1. The monoisotopic (exact) mass is 580 g/mol. The lowest BCUT2D eigenvalue weighted by Crippen LogP contribution is -2.31. The molecule has 1 aliphatic rings. The van der Waals surface area contributed by atoms with Gasteiger partial charge in [0.25, 0.3) is 5.91 Å². The summed E-state index contributed by atoms with van der Waals surface area (Å²) in [5, 5.41) is 4.32. The average Bonchev–Trinajstić information content (AvgIpc) is 3.83. The molecule has 1 aliphatic carbocycles. The minimum atomic E-state index is -0.549. The van der Waals surface area contributed by atoms with E-state index in [0.29, 0.717) is 24.3 Å². The number of carbonyl (C=O) groups is 2. The Hall–Kier alpha value is -4.06. The van der Waals surface area contributed by atoms with Gasteiger partial charge < -0.3 is 19.4 Å². The highest BCUT2D eigenvalue weighted by Gasteiger charge is 2.39. The fraction of sp³-hybridized carbons (Fsp3) is 0.405. The summed E-state index contributed by atoms with van der Waals surface area (Å²) in [6.07, 6.45) is 5.53. The Kier molecular flexibility index (Phi) is 9.54. The largest absolute Gasteiger partial charge is 0.478 e. The van der Waals surface area contributed by atoms with E-state index in [9.17, 15) is 9.59 Å². The number of aromatic nitrogens is 1. The van der Waals surface area contributed by atoms with E-state index in [2.05, 4.69) is 60.1 Å². The molecule has 0 spiro atoms. The first kappa shape index (κ1) is 30.4. The summed E-state index contributed by atoms with van der Waals surface area (Å²) in [6.45, 7) is 8.53. The highest BCUT2D eigenvalue weighted by molar-refractivity contribution is 5.99. The molecule has 226 valence electrons. The number of hydrogen-bond acceptors (Lipinski definition) is 4. The van der Waals surface area contributed by atoms with E-state index in [1.165, 1.54) is 11.1 Å². The maximum absolute atomic E-state index is 13.3. The molecule has 1 N–H and O–H groups in total. The predicted molar refractivity (Wildman–Crippen MR) is 172 cm³/mol. The third-order valence-electron chi connectivity index (χ3n) is 8.62. The van der Waals surface area contributed by atoms with Crippen LogP contribution in [0.5, 0.6) is 5.75 Å². The smallest absolute Gasteiger partial charge is 0.347 e. The maximum Gasteiger partial charge on any atom is 0.347 e. The van der Waals surface area contributed by atoms with E-state index < -0.39 is 6.10 Å². The first-order valence-electron chi connectivity index (χ1n) is 15.7. The van der Waals surface area contributed by atoms with Gasteiger partial charge in [-0.3, -0.25) is 4.79 Å². The fourth-order valence-corrected chi connectivity index (χ4v) is 5.81. The van der Waals surface area contributed by atoms with Crippen molar-refractivity contribution in [2.75, 3.05) is 6.61 Å². The predicted octanol–water partition coefficient (Wildman–Crippen LogP) is 7.63. The van der Waals surface area contributed by atoms with Gasteiger partial charge in [0.1, 0.15) is 5.75 Å². The first-order chi connectivity index (χ1) is 20.8. The number of rotatable bonds is 13. The van der Waals surface area contributed by atoms with Gasteiger partial charge in [0.05, 0.1) is 12.6 Å². The lowest BCUT2D eigenvalue weighted by Gasteiger charge is -2.17. The van der Waals surface area contributed by atoms with Crippen molar-refractivity contribution in [3.8, 4) is 5.75 Å². The van der Waals surface area contributed by atoms with Crippen molar-refractivity contribution in [1.82, 2.24) is 9.88 Å². The van der Waals surface area contributed by atoms with Gasteiger partial charge in [0.2, 0.25) is 0 Å². The fourth-order valence-electron chi connectivity index (χ4n) is 5.81. The first-order valence-corrected chi connectivity index (χ1v) is 15.7. The number of hydrogen-bond donors (Lipinski definition) is 1. The quantitative estimate of drug-likeness (QED) is 0.165. The van der Waals surface area contributed by atoms with Gasteiger partial charge >= 0.3 is 5.97 Å². The van der Waals surface area contributed by atoms with Crippen LogP contribution in [0, 0.1) is 12.8 Å². The number of unbranched alkanes of at least 4 members (excludes halogenated alkanes) is 1. The van der Waals surface area contributed by atoms with Crippen molar-refractivity contribution in [3.63, 3.8) is 0 Å². The highest BCUT2D eigenvalue weighted by atomic mass is 16.6. The molecule has 1 aromatic heterocycles. The number of carbonyl (C=O) groups excluding carboxylic acids is 2. The molecule has 6 nitrogen and oxygen atoms in total. The molecule has 1 heterocycles. The second kappa shape index (κ2) is 13.5. The molecule has 6 heteroatoms. The number of esters is 1. The zero-order valence-electron chi connectivity index (χ0n) is 26.1. The Labute approximate surface area is 255 Å². The van der Waals surface area contributed by atoms with Gasteiger partial charge in [-0.25, -0.2) is 4.79 Å². The van der Waals surface area contributed by atoms with Gasteiger partial charge in [-0.2, -0.15) is 0 Å². The van der Waals surface area contributed by atoms with Crippen LogP contribution in [-0.2, 0) is 29.4 Å². The lowest BCUT2D eigenvalue weighted by molar-refractivity contribution is -0.152. The average molecular weight is 581 g/mol. The van der Waals surface area contributed by atoms with E-state index in [1.54, 1.807) is 0 Å². The zero-order chi connectivity index (χ0) is 30.5. The molecule has 0 bridgehead atoms. The lowest BCUT2D eigenvalue weighted by atomic mass is 10.0. The molecule has 0 saturated heterocycles. The van der Waals surface area contributed by atoms with Crippen LogP contribution in [0.15, 0.2) is 66.7 Å². The summed E-state index contributed by atoms with van der Waals surface area (Å²) in [4.78, 5) is 25.8. The summed E-state index contributed by atoms with van der Waals surface area (Å²) < 4.78 is 13.6. The Bertz CT molecular complexity index is 1600. The van der Waals surface area contributed by atoms with Crippen molar-refractivity contribution in [3.05, 3.63) is 100 Å². The summed E-state index contributed by atoms with van der Waals surface area (Å²) in [7, 11) is 2.05. The number of benzene rings is 3. The Morgan fingerprint density at radius 1 is 1.00 bits per heavy atom. The van der Waals surface area contributed by atoms with Gasteiger partial charge in [-0.15, -0.1) is 0 Å². The van der Waals surface area contributed by atoms with Crippen LogP contribution in [-0.4, -0.2) is 29.2 Å². The number of aryl methyl sites for hydroxylation is 2. The SMILES string of the molecule is CCCCc1cccc([C@H](C)NC(=O)c2ccc3c(Cc4cccc(OC(C(=O)OCC)C5CC5)c4)c(C)n(C)c3c2)c1. The van der Waals surface area contributed by atoms with E-state index in [-0.39, 0.29) is 23.8 Å². The third kappa shape index (κ3) is 7.12. The molecule has 1 unspecified atom stereocenters. The summed E-state index contributed by atoms with van der Waals surface area (Å²) >= 11 is 0. The van der Waals surface area contributed by atoms with Gasteiger partial charge in [-0.1, -0.05) is 55.8 Å².